The molecule has 0 fully saturated rings. The Morgan fingerprint density at radius 2 is 1.17 bits per heavy atom. The van der Waals surface area contributed by atoms with Crippen LogP contribution in [-0.2, 0) is 24.5 Å². The van der Waals surface area contributed by atoms with Crippen LogP contribution >= 0.6 is 0 Å². The van der Waals surface area contributed by atoms with Crippen LogP contribution in [0.5, 0.6) is 0 Å². The Kier molecular flexibility index (Phi) is 4.16. The van der Waals surface area contributed by atoms with Crippen molar-refractivity contribution in [2.24, 2.45) is 0 Å². The first-order valence-corrected chi connectivity index (χ1v) is 2.61. The molecule has 6 heavy (non-hydrogen) atoms. The van der Waals surface area contributed by atoms with E-state index in [2.05, 4.69) is 0 Å². The van der Waals surface area contributed by atoms with Crippen LogP contribution < -0.4 is 0 Å². The van der Waals surface area contributed by atoms with Crippen LogP contribution in [0.4, 0.5) is 0 Å². The summed E-state index contributed by atoms with van der Waals surface area (Å²) in [6, 6.07) is 0. The summed E-state index contributed by atoms with van der Waals surface area (Å²) in [4.78, 5) is 0. The van der Waals surface area contributed by atoms with Crippen LogP contribution in [0.1, 0.15) is 0 Å². The van der Waals surface area contributed by atoms with E-state index in [0.29, 0.717) is 0 Å². The van der Waals surface area contributed by atoms with Gasteiger partial charge in [-0.1, -0.05) is 0 Å². The van der Waals surface area contributed by atoms with Crippen molar-refractivity contribution in [1.29, 1.82) is 0 Å². The molecule has 4 nitrogen and oxygen atoms in total. The Hall–Kier alpha value is 0.438. The van der Waals surface area contributed by atoms with Crippen LogP contribution in [-0.4, -0.2) is 22.1 Å². The molecule has 0 aliphatic carbocycles. The fourth-order valence-corrected chi connectivity index (χ4v) is 0. The predicted octanol–water partition coefficient (Wildman–Crippen LogP) is -2.10. The molecule has 0 amide bonds. The van der Waals surface area contributed by atoms with Gasteiger partial charge in [0.15, 0.2) is 0 Å². The van der Waals surface area contributed by atoms with Crippen LogP contribution in [0.25, 0.3) is 0 Å². The molecule has 0 saturated heterocycles. The summed E-state index contributed by atoms with van der Waals surface area (Å²) in [5.41, 5.74) is 0. The van der Waals surface area contributed by atoms with E-state index < -0.39 is 13.0 Å². The molecule has 0 spiro atoms. The van der Waals surface area contributed by atoms with Crippen molar-refractivity contribution in [2.75, 3.05) is 0 Å². The van der Waals surface area contributed by atoms with Gasteiger partial charge < -0.3 is 0 Å². The summed E-state index contributed by atoms with van der Waals surface area (Å²) in [6.07, 6.45) is 0. The van der Waals surface area contributed by atoms with Crippen molar-refractivity contribution in [3.05, 3.63) is 0 Å². The van der Waals surface area contributed by atoms with E-state index in [4.69, 9.17) is 15.7 Å². The average molecular weight is 198 g/mol. The van der Waals surface area contributed by atoms with Crippen molar-refractivity contribution < 1.29 is 28.7 Å². The van der Waals surface area contributed by atoms with E-state index in [0.717, 1.165) is 0 Å². The summed E-state index contributed by atoms with van der Waals surface area (Å²) in [5, 5.41) is 0. The molecule has 6 heteroatoms. The summed E-state index contributed by atoms with van der Waals surface area (Å²) in [6.45, 7) is 0. The third-order valence-corrected chi connectivity index (χ3v) is 0. The molecule has 0 aliphatic rings. The molecule has 1 unspecified atom stereocenters. The summed E-state index contributed by atoms with van der Waals surface area (Å²) >= 11 is -5.38. The van der Waals surface area contributed by atoms with E-state index in [-0.39, 0.29) is 18.0 Å². The first-order valence-electron chi connectivity index (χ1n) is 0.632. The number of rotatable bonds is 0. The zero-order chi connectivity index (χ0) is 4.50. The van der Waals surface area contributed by atoms with E-state index in [1.807, 2.05) is 0 Å². The summed E-state index contributed by atoms with van der Waals surface area (Å²) in [5.74, 6) is 0. The van der Waals surface area contributed by atoms with Gasteiger partial charge >= 0.3 is 46.6 Å². The molecule has 0 heterocycles. The maximum atomic E-state index is 8.69. The molecule has 0 aromatic heterocycles. The second-order valence-electron chi connectivity index (χ2n) is 0.396. The quantitative estimate of drug-likeness (QED) is 0.452. The molecule has 1 N–H and O–H groups in total. The van der Waals surface area contributed by atoms with E-state index in [1.165, 1.54) is 0 Å². The van der Waals surface area contributed by atoms with E-state index in [1.54, 1.807) is 0 Å². The van der Waals surface area contributed by atoms with Gasteiger partial charge in [-0.15, -0.1) is 0 Å². The van der Waals surface area contributed by atoms with E-state index in [9.17, 15) is 0 Å². The molecule has 0 rings (SSSR count). The molecular weight excluding hydrogens is 194 g/mol. The molecule has 0 saturated carbocycles. The van der Waals surface area contributed by atoms with Crippen molar-refractivity contribution in [1.82, 2.24) is 0 Å². The Labute approximate surface area is 47.0 Å². The Balaban J connectivity index is 0. The Morgan fingerprint density at radius 3 is 1.17 bits per heavy atom. The van der Waals surface area contributed by atoms with Crippen LogP contribution in [0, 0.1) is 0 Å². The minimum atomic E-state index is -5.38. The minimum absolute atomic E-state index is 0. The summed E-state index contributed by atoms with van der Waals surface area (Å²) in [7, 11) is 0. The van der Waals surface area contributed by atoms with Gasteiger partial charge in [-0.05, 0) is 0 Å². The molecular formula is H4AsMnO4. The van der Waals surface area contributed by atoms with Gasteiger partial charge in [-0.25, -0.2) is 0 Å². The van der Waals surface area contributed by atoms with Gasteiger partial charge in [-0.2, -0.15) is 0 Å². The number of hydrogen-bond acceptors (Lipinski definition) is 3. The Bertz CT molecular complexity index is 129. The predicted molar refractivity (Wildman–Crippen MR) is 14.2 cm³/mol. The first kappa shape index (κ1) is 9.67. The van der Waals surface area contributed by atoms with Gasteiger partial charge in [0.1, 0.15) is 0 Å². The van der Waals surface area contributed by atoms with Crippen LogP contribution in [0.3, 0.4) is 0 Å². The van der Waals surface area contributed by atoms with Gasteiger partial charge in [0.05, 0.1) is 0 Å². The first-order chi connectivity index (χ1) is 2.00. The van der Waals surface area contributed by atoms with Crippen LogP contribution in [0.2, 0.25) is 0 Å². The molecule has 0 aliphatic heterocycles. The Morgan fingerprint density at radius 1 is 1.17 bits per heavy atom. The fourth-order valence-electron chi connectivity index (χ4n) is 0. The number of hydrogen-bond donors (Lipinski definition) is 1. The van der Waals surface area contributed by atoms with Gasteiger partial charge in [-0.3, -0.25) is 0 Å². The maximum absolute atomic E-state index is 8.69. The van der Waals surface area contributed by atoms with Gasteiger partial charge in [0, 0.05) is 0 Å². The molecule has 0 aromatic rings. The normalized spacial score (nSPS) is 9.50. The molecule has 0 radical (unpaired) electrons. The molecule has 40 valence electrons. The van der Waals surface area contributed by atoms with Crippen molar-refractivity contribution >= 4 is 18.0 Å². The third kappa shape index (κ3) is 274. The second-order valence-corrected chi connectivity index (χ2v) is 1.63. The second kappa shape index (κ2) is 2.58. The standard InChI is InChI=1S/AsH3.Mn.H2O.3O/h1H3;;1H2;;;/q;+1;;;;/p-1. The fraction of sp³-hybridized carbons (Fsp3) is 0. The zero-order valence-corrected chi connectivity index (χ0v) is 6.90. The van der Waals surface area contributed by atoms with Gasteiger partial charge in [0.25, 0.3) is 0 Å². The molecule has 0 bridgehead atoms. The zero-order valence-electron chi connectivity index (χ0n) is 2.76. The van der Waals surface area contributed by atoms with Crippen molar-refractivity contribution in [3.8, 4) is 0 Å². The molecule has 0 aromatic carbocycles. The average Bonchev–Trinajstić information content (AvgIpc) is 0.722. The molecule has 1 atom stereocenters. The van der Waals surface area contributed by atoms with Crippen LogP contribution in [0.15, 0.2) is 0 Å². The SMILES string of the molecule is [AsH3].[O]=[Mn](=[O])(=[O])[OH]. The van der Waals surface area contributed by atoms with Crippen molar-refractivity contribution in [3.63, 3.8) is 0 Å². The third-order valence-electron chi connectivity index (χ3n) is 0. The van der Waals surface area contributed by atoms with E-state index >= 15 is 0 Å². The topological polar surface area (TPSA) is 71.4 Å². The monoisotopic (exact) mass is 198 g/mol. The van der Waals surface area contributed by atoms with Crippen molar-refractivity contribution in [2.45, 2.75) is 0 Å². The summed E-state index contributed by atoms with van der Waals surface area (Å²) < 4.78 is 33.1. The van der Waals surface area contributed by atoms with Gasteiger partial charge in [0.2, 0.25) is 0 Å².